The molecule has 3 N–H and O–H groups in total. The van der Waals surface area contributed by atoms with E-state index in [1.54, 1.807) is 7.05 Å². The molecule has 0 aliphatic heterocycles. The van der Waals surface area contributed by atoms with Crippen LogP contribution < -0.4 is 5.73 Å². The van der Waals surface area contributed by atoms with Crippen molar-refractivity contribution in [3.8, 4) is 0 Å². The van der Waals surface area contributed by atoms with Gasteiger partial charge in [-0.15, -0.1) is 5.10 Å². The summed E-state index contributed by atoms with van der Waals surface area (Å²) < 4.78 is 3.76. The Labute approximate surface area is 103 Å². The van der Waals surface area contributed by atoms with Crippen molar-refractivity contribution in [2.75, 3.05) is 13.6 Å². The van der Waals surface area contributed by atoms with Crippen LogP contribution in [0.15, 0.2) is 5.16 Å². The summed E-state index contributed by atoms with van der Waals surface area (Å²) in [6.45, 7) is 2.31. The monoisotopic (exact) mass is 257 g/mol. The summed E-state index contributed by atoms with van der Waals surface area (Å²) in [7, 11) is 1.66. The lowest BCUT2D eigenvalue weighted by Gasteiger charge is -2.15. The van der Waals surface area contributed by atoms with Crippen molar-refractivity contribution in [1.29, 1.82) is 0 Å². The second kappa shape index (κ2) is 6.14. The van der Waals surface area contributed by atoms with Gasteiger partial charge < -0.3 is 15.8 Å². The fourth-order valence-corrected chi connectivity index (χ4v) is 1.96. The molecule has 0 aromatic carbocycles. The van der Waals surface area contributed by atoms with Crippen LogP contribution >= 0.6 is 11.5 Å². The van der Waals surface area contributed by atoms with Crippen molar-refractivity contribution in [2.45, 2.75) is 19.8 Å². The minimum Gasteiger partial charge on any atom is -0.409 e. The van der Waals surface area contributed by atoms with Crippen LogP contribution in [-0.2, 0) is 6.42 Å². The van der Waals surface area contributed by atoms with Crippen LogP contribution in [0.4, 0.5) is 0 Å². The van der Waals surface area contributed by atoms with Crippen LogP contribution in [0.1, 0.15) is 28.7 Å². The maximum Gasteiger partial charge on any atom is 0.267 e. The molecule has 1 aromatic heterocycles. The van der Waals surface area contributed by atoms with Gasteiger partial charge in [-0.1, -0.05) is 16.6 Å². The Morgan fingerprint density at radius 2 is 2.35 bits per heavy atom. The Kier molecular flexibility index (Phi) is 4.83. The number of carbonyl (C=O) groups excluding carboxylic acids is 1. The molecule has 0 saturated carbocycles. The van der Waals surface area contributed by atoms with Gasteiger partial charge in [0.15, 0.2) is 0 Å². The number of nitrogens with zero attached hydrogens (tertiary/aromatic N) is 4. The highest BCUT2D eigenvalue weighted by Gasteiger charge is 2.18. The minimum absolute atomic E-state index is 0.0998. The molecule has 8 heteroatoms. The fourth-order valence-electron chi connectivity index (χ4n) is 1.21. The number of amidine groups is 1. The molecular weight excluding hydrogens is 242 g/mol. The van der Waals surface area contributed by atoms with Crippen LogP contribution in [0, 0.1) is 0 Å². The lowest BCUT2D eigenvalue weighted by atomic mass is 10.2. The molecule has 0 aliphatic rings. The summed E-state index contributed by atoms with van der Waals surface area (Å²) >= 11 is 1.09. The third-order valence-corrected chi connectivity index (χ3v) is 3.02. The molecule has 0 aliphatic carbocycles. The highest BCUT2D eigenvalue weighted by Crippen LogP contribution is 2.13. The second-order valence-corrected chi connectivity index (χ2v) is 4.22. The zero-order valence-corrected chi connectivity index (χ0v) is 10.6. The third kappa shape index (κ3) is 3.38. The highest BCUT2D eigenvalue weighted by atomic mass is 32.1. The lowest BCUT2D eigenvalue weighted by molar-refractivity contribution is 0.0802. The molecule has 0 spiro atoms. The summed E-state index contributed by atoms with van der Waals surface area (Å²) in [4.78, 5) is 14.1. The molecule has 0 atom stereocenters. The lowest BCUT2D eigenvalue weighted by Crippen LogP contribution is -2.30. The number of amides is 1. The van der Waals surface area contributed by atoms with Gasteiger partial charge in [0, 0.05) is 20.0 Å². The molecule has 1 amide bonds. The van der Waals surface area contributed by atoms with E-state index >= 15 is 0 Å². The van der Waals surface area contributed by atoms with Crippen LogP contribution in [0.5, 0.6) is 0 Å². The molecule has 0 saturated heterocycles. The first-order chi connectivity index (χ1) is 8.10. The molecule has 17 heavy (non-hydrogen) atoms. The number of aryl methyl sites for hydroxylation is 1. The zero-order chi connectivity index (χ0) is 12.8. The van der Waals surface area contributed by atoms with Gasteiger partial charge in [-0.05, 0) is 18.0 Å². The quantitative estimate of drug-likeness (QED) is 0.342. The highest BCUT2D eigenvalue weighted by molar-refractivity contribution is 7.07. The van der Waals surface area contributed by atoms with Crippen LogP contribution in [0.3, 0.4) is 0 Å². The number of aromatic nitrogens is 2. The van der Waals surface area contributed by atoms with E-state index in [1.807, 2.05) is 6.92 Å². The van der Waals surface area contributed by atoms with Gasteiger partial charge in [0.25, 0.3) is 5.91 Å². The number of hydrogen-bond donors (Lipinski definition) is 2. The Hall–Kier alpha value is -1.70. The molecule has 0 unspecified atom stereocenters. The molecular formula is C9H15N5O2S. The van der Waals surface area contributed by atoms with E-state index in [1.165, 1.54) is 4.90 Å². The average molecular weight is 257 g/mol. The fraction of sp³-hybridized carbons (Fsp3) is 0.556. The van der Waals surface area contributed by atoms with E-state index in [9.17, 15) is 4.79 Å². The van der Waals surface area contributed by atoms with Gasteiger partial charge in [0.2, 0.25) is 0 Å². The molecule has 1 rings (SSSR count). The number of carbonyl (C=O) groups is 1. The van der Waals surface area contributed by atoms with Gasteiger partial charge >= 0.3 is 0 Å². The Bertz CT molecular complexity index is 417. The van der Waals surface area contributed by atoms with E-state index < -0.39 is 0 Å². The van der Waals surface area contributed by atoms with Gasteiger partial charge in [-0.2, -0.15) is 0 Å². The van der Waals surface area contributed by atoms with E-state index in [0.29, 0.717) is 30.0 Å². The molecule has 1 aromatic rings. The van der Waals surface area contributed by atoms with Crippen molar-refractivity contribution in [3.05, 3.63) is 10.6 Å². The molecule has 94 valence electrons. The zero-order valence-electron chi connectivity index (χ0n) is 9.75. The van der Waals surface area contributed by atoms with Gasteiger partial charge in [0.05, 0.1) is 5.69 Å². The van der Waals surface area contributed by atoms with Crippen molar-refractivity contribution < 1.29 is 10.0 Å². The van der Waals surface area contributed by atoms with E-state index in [4.69, 9.17) is 10.9 Å². The van der Waals surface area contributed by atoms with Gasteiger partial charge in [-0.25, -0.2) is 0 Å². The molecule has 1 heterocycles. The normalized spacial score (nSPS) is 11.5. The van der Waals surface area contributed by atoms with Crippen LogP contribution in [-0.4, -0.2) is 45.0 Å². The third-order valence-electron chi connectivity index (χ3n) is 2.26. The van der Waals surface area contributed by atoms with Crippen molar-refractivity contribution in [1.82, 2.24) is 14.5 Å². The Morgan fingerprint density at radius 1 is 1.65 bits per heavy atom. The van der Waals surface area contributed by atoms with Crippen LogP contribution in [0.25, 0.3) is 0 Å². The molecule has 7 nitrogen and oxygen atoms in total. The average Bonchev–Trinajstić information content (AvgIpc) is 2.82. The summed E-state index contributed by atoms with van der Waals surface area (Å²) in [6, 6.07) is 0. The Balaban J connectivity index is 2.64. The predicted molar refractivity (Wildman–Crippen MR) is 64.3 cm³/mol. The van der Waals surface area contributed by atoms with Gasteiger partial charge in [0.1, 0.15) is 10.7 Å². The minimum atomic E-state index is -0.136. The summed E-state index contributed by atoms with van der Waals surface area (Å²) in [5, 5.41) is 15.1. The smallest absolute Gasteiger partial charge is 0.267 e. The number of rotatable bonds is 5. The predicted octanol–water partition coefficient (Wildman–Crippen LogP) is 0.309. The van der Waals surface area contributed by atoms with E-state index in [-0.39, 0.29) is 11.7 Å². The summed E-state index contributed by atoms with van der Waals surface area (Å²) in [6.07, 6.45) is 0.998. The maximum absolute atomic E-state index is 12.0. The van der Waals surface area contributed by atoms with E-state index in [0.717, 1.165) is 11.5 Å². The van der Waals surface area contributed by atoms with Crippen molar-refractivity contribution in [3.63, 3.8) is 0 Å². The number of oxime groups is 1. The number of hydrogen-bond acceptors (Lipinski definition) is 6. The van der Waals surface area contributed by atoms with Gasteiger partial charge in [-0.3, -0.25) is 4.79 Å². The van der Waals surface area contributed by atoms with Crippen molar-refractivity contribution >= 4 is 23.3 Å². The maximum atomic E-state index is 12.0. The second-order valence-electron chi connectivity index (χ2n) is 3.47. The standard InChI is InChI=1S/C9H15N5O2S/c1-3-6-8(17-13-11-6)9(15)14(2)5-4-7(10)12-16/h16H,3-5H2,1-2H3,(H2,10,12). The largest absolute Gasteiger partial charge is 0.409 e. The Morgan fingerprint density at radius 3 is 2.94 bits per heavy atom. The first-order valence-corrected chi connectivity index (χ1v) is 5.90. The first-order valence-electron chi connectivity index (χ1n) is 5.13. The molecule has 0 bridgehead atoms. The first kappa shape index (κ1) is 13.4. The summed E-state index contributed by atoms with van der Waals surface area (Å²) in [5.74, 6) is -0.0367. The topological polar surface area (TPSA) is 105 Å². The number of nitrogens with two attached hydrogens (primary N) is 1. The summed E-state index contributed by atoms with van der Waals surface area (Å²) in [5.41, 5.74) is 6.04. The van der Waals surface area contributed by atoms with Crippen LogP contribution in [0.2, 0.25) is 0 Å². The van der Waals surface area contributed by atoms with E-state index in [2.05, 4.69) is 14.7 Å². The SMILES string of the molecule is CCc1nnsc1C(=O)N(C)CCC(N)=NO. The molecule has 0 fully saturated rings. The van der Waals surface area contributed by atoms with Crippen molar-refractivity contribution in [2.24, 2.45) is 10.9 Å². The molecule has 0 radical (unpaired) electrons.